The molecule has 0 saturated carbocycles. The zero-order valence-corrected chi connectivity index (χ0v) is 13.1. The van der Waals surface area contributed by atoms with Crippen molar-refractivity contribution in [3.8, 4) is 0 Å². The molecule has 2 heterocycles. The third-order valence-electron chi connectivity index (χ3n) is 3.18. The van der Waals surface area contributed by atoms with Crippen LogP contribution in [-0.4, -0.2) is 31.1 Å². The average Bonchev–Trinajstić information content (AvgIpc) is 3.10. The molecule has 2 rings (SSSR count). The number of nitrogens with one attached hydrogen (secondary N) is 1. The van der Waals surface area contributed by atoms with Crippen LogP contribution in [0.25, 0.3) is 0 Å². The Hall–Kier alpha value is -0.680. The standard InChI is InChI=1S/C15H22N2S2/c1-2-17(12-15-4-3-10-19-15)9-8-16-7-5-14-6-11-18-13-14/h3-4,6,10-11,13,16H,2,5,7-9,12H2,1H3. The normalized spacial score (nSPS) is 11.3. The van der Waals surface area contributed by atoms with Crippen LogP contribution >= 0.6 is 22.7 Å². The van der Waals surface area contributed by atoms with E-state index in [1.165, 1.54) is 10.4 Å². The zero-order chi connectivity index (χ0) is 13.3. The van der Waals surface area contributed by atoms with Gasteiger partial charge in [-0.1, -0.05) is 13.0 Å². The molecule has 0 aliphatic heterocycles. The van der Waals surface area contributed by atoms with Crippen LogP contribution in [0.15, 0.2) is 34.3 Å². The summed E-state index contributed by atoms with van der Waals surface area (Å²) in [4.78, 5) is 3.95. The summed E-state index contributed by atoms with van der Waals surface area (Å²) in [6.45, 7) is 7.71. The smallest absolute Gasteiger partial charge is 0.0328 e. The van der Waals surface area contributed by atoms with Gasteiger partial charge in [0.25, 0.3) is 0 Å². The molecule has 2 aromatic heterocycles. The van der Waals surface area contributed by atoms with E-state index in [2.05, 4.69) is 51.5 Å². The fourth-order valence-electron chi connectivity index (χ4n) is 2.00. The van der Waals surface area contributed by atoms with Crippen molar-refractivity contribution in [1.29, 1.82) is 0 Å². The number of hydrogen-bond donors (Lipinski definition) is 1. The average molecular weight is 294 g/mol. The van der Waals surface area contributed by atoms with E-state index in [4.69, 9.17) is 0 Å². The lowest BCUT2D eigenvalue weighted by molar-refractivity contribution is 0.282. The maximum absolute atomic E-state index is 3.53. The van der Waals surface area contributed by atoms with Gasteiger partial charge in [-0.25, -0.2) is 0 Å². The minimum Gasteiger partial charge on any atom is -0.315 e. The number of nitrogens with zero attached hydrogens (tertiary/aromatic N) is 1. The van der Waals surface area contributed by atoms with Gasteiger partial charge in [0.2, 0.25) is 0 Å². The Kier molecular flexibility index (Phi) is 6.57. The van der Waals surface area contributed by atoms with Crippen molar-refractivity contribution in [2.75, 3.05) is 26.2 Å². The summed E-state index contributed by atoms with van der Waals surface area (Å²) < 4.78 is 0. The van der Waals surface area contributed by atoms with Crippen molar-refractivity contribution in [2.45, 2.75) is 19.9 Å². The Bertz CT molecular complexity index is 423. The fourth-order valence-corrected chi connectivity index (χ4v) is 3.45. The van der Waals surface area contributed by atoms with Crippen LogP contribution in [0, 0.1) is 0 Å². The van der Waals surface area contributed by atoms with Crippen molar-refractivity contribution in [1.82, 2.24) is 10.2 Å². The van der Waals surface area contributed by atoms with E-state index in [0.29, 0.717) is 0 Å². The summed E-state index contributed by atoms with van der Waals surface area (Å²) in [5.41, 5.74) is 1.45. The van der Waals surface area contributed by atoms with Gasteiger partial charge in [-0.2, -0.15) is 11.3 Å². The highest BCUT2D eigenvalue weighted by Crippen LogP contribution is 2.11. The first-order valence-corrected chi connectivity index (χ1v) is 8.67. The molecule has 104 valence electrons. The Morgan fingerprint density at radius 3 is 2.84 bits per heavy atom. The van der Waals surface area contributed by atoms with Crippen LogP contribution in [0.5, 0.6) is 0 Å². The largest absolute Gasteiger partial charge is 0.315 e. The predicted octanol–water partition coefficient (Wildman–Crippen LogP) is 3.46. The quantitative estimate of drug-likeness (QED) is 0.713. The van der Waals surface area contributed by atoms with Crippen molar-refractivity contribution < 1.29 is 0 Å². The molecule has 19 heavy (non-hydrogen) atoms. The molecule has 0 spiro atoms. The van der Waals surface area contributed by atoms with Gasteiger partial charge in [0.05, 0.1) is 0 Å². The van der Waals surface area contributed by atoms with Gasteiger partial charge >= 0.3 is 0 Å². The number of rotatable bonds is 9. The summed E-state index contributed by atoms with van der Waals surface area (Å²) in [6.07, 6.45) is 1.14. The third kappa shape index (κ3) is 5.45. The lowest BCUT2D eigenvalue weighted by Crippen LogP contribution is -2.32. The predicted molar refractivity (Wildman–Crippen MR) is 86.2 cm³/mol. The van der Waals surface area contributed by atoms with Gasteiger partial charge < -0.3 is 5.32 Å². The molecule has 2 nitrogen and oxygen atoms in total. The summed E-state index contributed by atoms with van der Waals surface area (Å²) in [5, 5.41) is 10.1. The van der Waals surface area contributed by atoms with Crippen LogP contribution in [0.2, 0.25) is 0 Å². The SMILES string of the molecule is CCN(CCNCCc1ccsc1)Cc1cccs1. The molecule has 0 saturated heterocycles. The summed E-state index contributed by atoms with van der Waals surface area (Å²) >= 11 is 3.63. The molecule has 0 fully saturated rings. The van der Waals surface area contributed by atoms with Gasteiger partial charge in [0.1, 0.15) is 0 Å². The van der Waals surface area contributed by atoms with Crippen molar-refractivity contribution in [3.63, 3.8) is 0 Å². The molecular formula is C15H22N2S2. The first kappa shape index (κ1) is 14.7. The van der Waals surface area contributed by atoms with Crippen LogP contribution in [0.3, 0.4) is 0 Å². The van der Waals surface area contributed by atoms with E-state index < -0.39 is 0 Å². The molecule has 2 aromatic rings. The fraction of sp³-hybridized carbons (Fsp3) is 0.467. The second-order valence-corrected chi connectivity index (χ2v) is 6.39. The lowest BCUT2D eigenvalue weighted by atomic mass is 10.2. The third-order valence-corrected chi connectivity index (χ3v) is 4.78. The van der Waals surface area contributed by atoms with Crippen LogP contribution in [0.4, 0.5) is 0 Å². The molecule has 0 atom stereocenters. The molecule has 1 N–H and O–H groups in total. The number of likely N-dealkylation sites (N-methyl/N-ethyl adjacent to an activating group) is 1. The maximum Gasteiger partial charge on any atom is 0.0328 e. The first-order chi connectivity index (χ1) is 9.38. The van der Waals surface area contributed by atoms with Crippen LogP contribution in [-0.2, 0) is 13.0 Å². The Labute approximate surface area is 124 Å². The topological polar surface area (TPSA) is 15.3 Å². The van der Waals surface area contributed by atoms with Gasteiger partial charge in [-0.3, -0.25) is 4.90 Å². The zero-order valence-electron chi connectivity index (χ0n) is 11.5. The van der Waals surface area contributed by atoms with E-state index in [1.807, 2.05) is 11.3 Å². The van der Waals surface area contributed by atoms with Crippen molar-refractivity contribution in [2.24, 2.45) is 0 Å². The monoisotopic (exact) mass is 294 g/mol. The minimum absolute atomic E-state index is 1.07. The highest BCUT2D eigenvalue weighted by atomic mass is 32.1. The van der Waals surface area contributed by atoms with E-state index in [1.54, 1.807) is 11.3 Å². The van der Waals surface area contributed by atoms with Gasteiger partial charge in [-0.05, 0) is 53.3 Å². The second kappa shape index (κ2) is 8.48. The maximum atomic E-state index is 3.53. The molecule has 0 aromatic carbocycles. The molecule has 0 bridgehead atoms. The van der Waals surface area contributed by atoms with E-state index >= 15 is 0 Å². The van der Waals surface area contributed by atoms with E-state index in [9.17, 15) is 0 Å². The second-order valence-electron chi connectivity index (χ2n) is 4.58. The molecule has 0 aliphatic rings. The summed E-state index contributed by atoms with van der Waals surface area (Å²) in [7, 11) is 0. The number of hydrogen-bond acceptors (Lipinski definition) is 4. The molecule has 0 radical (unpaired) electrons. The highest BCUT2D eigenvalue weighted by molar-refractivity contribution is 7.09. The lowest BCUT2D eigenvalue weighted by Gasteiger charge is -2.19. The Balaban J connectivity index is 1.58. The minimum atomic E-state index is 1.07. The molecule has 0 amide bonds. The van der Waals surface area contributed by atoms with Crippen LogP contribution < -0.4 is 5.32 Å². The molecule has 4 heteroatoms. The number of thiophene rings is 2. The highest BCUT2D eigenvalue weighted by Gasteiger charge is 2.03. The van der Waals surface area contributed by atoms with Crippen molar-refractivity contribution in [3.05, 3.63) is 44.8 Å². The Morgan fingerprint density at radius 2 is 2.16 bits per heavy atom. The van der Waals surface area contributed by atoms with E-state index in [0.717, 1.165) is 39.1 Å². The van der Waals surface area contributed by atoms with E-state index in [-0.39, 0.29) is 0 Å². The summed E-state index contributed by atoms with van der Waals surface area (Å²) in [5.74, 6) is 0. The molecule has 0 aliphatic carbocycles. The first-order valence-electron chi connectivity index (χ1n) is 6.85. The van der Waals surface area contributed by atoms with Gasteiger partial charge in [-0.15, -0.1) is 11.3 Å². The summed E-state index contributed by atoms with van der Waals surface area (Å²) in [6, 6.07) is 6.56. The Morgan fingerprint density at radius 1 is 1.21 bits per heavy atom. The molecular weight excluding hydrogens is 272 g/mol. The van der Waals surface area contributed by atoms with Gasteiger partial charge in [0, 0.05) is 24.5 Å². The van der Waals surface area contributed by atoms with Crippen molar-refractivity contribution >= 4 is 22.7 Å². The van der Waals surface area contributed by atoms with Gasteiger partial charge in [0.15, 0.2) is 0 Å². The van der Waals surface area contributed by atoms with Crippen LogP contribution in [0.1, 0.15) is 17.4 Å². The molecule has 0 unspecified atom stereocenters.